The van der Waals surface area contributed by atoms with E-state index in [1.54, 1.807) is 6.08 Å². The minimum absolute atomic E-state index is 0.0395. The van der Waals surface area contributed by atoms with Crippen LogP contribution < -0.4 is 5.32 Å². The predicted octanol–water partition coefficient (Wildman–Crippen LogP) is 6.39. The van der Waals surface area contributed by atoms with E-state index >= 15 is 0 Å². The molecule has 9 atom stereocenters. The zero-order chi connectivity index (χ0) is 27.6. The molecule has 0 bridgehead atoms. The molecule has 0 amide bonds. The number of ketones is 1. The monoisotopic (exact) mass is 531 g/mol. The molecule has 1 heterocycles. The third-order valence-electron chi connectivity index (χ3n) is 11.3. The molecule has 5 nitrogen and oxygen atoms in total. The number of fused-ring (bicyclic) bond motifs is 7. The van der Waals surface area contributed by atoms with Crippen molar-refractivity contribution in [1.82, 2.24) is 0 Å². The van der Waals surface area contributed by atoms with Gasteiger partial charge in [0.1, 0.15) is 5.60 Å². The quantitative estimate of drug-likeness (QED) is 0.399. The number of hydrogen-bond donors (Lipinski definition) is 2. The first kappa shape index (κ1) is 27.0. The Morgan fingerprint density at radius 3 is 2.72 bits per heavy atom. The lowest BCUT2D eigenvalue weighted by molar-refractivity contribution is -0.185. The molecule has 1 aromatic carbocycles. The van der Waals surface area contributed by atoms with Gasteiger partial charge in [0.25, 0.3) is 0 Å². The number of nitrogens with one attached hydrogen (secondary N) is 1. The van der Waals surface area contributed by atoms with Gasteiger partial charge in [-0.3, -0.25) is 4.79 Å². The van der Waals surface area contributed by atoms with E-state index in [1.807, 2.05) is 13.1 Å². The number of benzene rings is 1. The van der Waals surface area contributed by atoms with Gasteiger partial charge in [-0.2, -0.15) is 0 Å². The number of rotatable bonds is 7. The Balaban J connectivity index is 1.32. The molecule has 5 aliphatic rings. The first-order chi connectivity index (χ1) is 18.7. The predicted molar refractivity (Wildman–Crippen MR) is 154 cm³/mol. The minimum Gasteiger partial charge on any atom is -0.393 e. The zero-order valence-electron chi connectivity index (χ0n) is 24.0. The van der Waals surface area contributed by atoms with Crippen molar-refractivity contribution in [1.29, 1.82) is 0 Å². The highest BCUT2D eigenvalue weighted by Gasteiger charge is 2.73. The average Bonchev–Trinajstić information content (AvgIpc) is 3.40. The summed E-state index contributed by atoms with van der Waals surface area (Å²) in [5.41, 5.74) is 3.57. The van der Waals surface area contributed by atoms with Crippen LogP contribution in [0.5, 0.6) is 0 Å². The first-order valence-corrected chi connectivity index (χ1v) is 15.1. The molecular formula is C34H45NO4. The molecule has 1 aliphatic heterocycles. The van der Waals surface area contributed by atoms with E-state index in [4.69, 9.17) is 16.1 Å². The fourth-order valence-corrected chi connectivity index (χ4v) is 9.48. The number of ether oxygens (including phenoxy) is 2. The second-order valence-electron chi connectivity index (χ2n) is 13.2. The lowest BCUT2D eigenvalue weighted by atomic mass is 9.46. The van der Waals surface area contributed by atoms with Gasteiger partial charge in [0.05, 0.1) is 12.2 Å². The molecule has 4 fully saturated rings. The minimum atomic E-state index is -0.593. The molecular weight excluding hydrogens is 486 g/mol. The average molecular weight is 532 g/mol. The molecule has 210 valence electrons. The van der Waals surface area contributed by atoms with Crippen molar-refractivity contribution in [3.8, 4) is 0 Å². The summed E-state index contributed by atoms with van der Waals surface area (Å²) in [6.45, 7) is 11.5. The molecule has 1 saturated heterocycles. The SMILES string of the molecule is C=C(CCc1ccc(NC)cc1)C12OC(CCC)OC1CC1C3CCC4=CC(=O)C=CC4(C)C3C(O)CC12C. The number of aliphatic hydroxyl groups excluding tert-OH is 1. The molecule has 3 saturated carbocycles. The van der Waals surface area contributed by atoms with Crippen molar-refractivity contribution in [3.05, 3.63) is 65.8 Å². The molecule has 0 radical (unpaired) electrons. The Hall–Kier alpha value is -2.21. The second kappa shape index (κ2) is 9.71. The third-order valence-corrected chi connectivity index (χ3v) is 11.3. The lowest BCUT2D eigenvalue weighted by Gasteiger charge is -2.60. The number of carbonyl (C=O) groups excluding carboxylic acids is 1. The standard InChI is InChI=1S/C34H45NO4/c1-6-7-30-38-29-19-27-26-15-12-23-18-25(36)16-17-32(23,3)31(26)28(37)20-33(27,4)34(29,39-30)21(2)8-9-22-10-13-24(35-5)14-11-22/h10-11,13-14,16-18,26-31,35,37H,2,6-9,12,15,19-20H2,1,3-5H3. The van der Waals surface area contributed by atoms with E-state index in [0.29, 0.717) is 18.3 Å². The molecule has 0 aromatic heterocycles. The summed E-state index contributed by atoms with van der Waals surface area (Å²) < 4.78 is 13.7. The van der Waals surface area contributed by atoms with E-state index in [0.717, 1.165) is 56.2 Å². The molecule has 9 unspecified atom stereocenters. The van der Waals surface area contributed by atoms with Gasteiger partial charge in [-0.1, -0.05) is 57.6 Å². The molecule has 6 rings (SSSR count). The summed E-state index contributed by atoms with van der Waals surface area (Å²) in [5, 5.41) is 15.1. The summed E-state index contributed by atoms with van der Waals surface area (Å²) in [7, 11) is 1.94. The number of hydrogen-bond acceptors (Lipinski definition) is 5. The van der Waals surface area contributed by atoms with Gasteiger partial charge in [-0.05, 0) is 92.2 Å². The molecule has 39 heavy (non-hydrogen) atoms. The second-order valence-corrected chi connectivity index (χ2v) is 13.2. The highest BCUT2D eigenvalue weighted by Crippen LogP contribution is 2.71. The Labute approximate surface area is 233 Å². The van der Waals surface area contributed by atoms with E-state index in [1.165, 1.54) is 11.1 Å². The fourth-order valence-electron chi connectivity index (χ4n) is 9.48. The summed E-state index contributed by atoms with van der Waals surface area (Å²) in [4.78, 5) is 12.2. The van der Waals surface area contributed by atoms with Crippen LogP contribution in [0.3, 0.4) is 0 Å². The van der Waals surface area contributed by atoms with Crippen LogP contribution in [0.2, 0.25) is 0 Å². The van der Waals surface area contributed by atoms with Crippen molar-refractivity contribution in [2.45, 2.75) is 96.2 Å². The number of aryl methyl sites for hydroxylation is 1. The van der Waals surface area contributed by atoms with E-state index in [9.17, 15) is 9.90 Å². The summed E-state index contributed by atoms with van der Waals surface area (Å²) >= 11 is 0. The van der Waals surface area contributed by atoms with E-state index in [-0.39, 0.29) is 34.9 Å². The van der Waals surface area contributed by atoms with Crippen LogP contribution in [0.4, 0.5) is 5.69 Å². The first-order valence-electron chi connectivity index (χ1n) is 15.1. The lowest BCUT2D eigenvalue weighted by Crippen LogP contribution is -2.61. The van der Waals surface area contributed by atoms with Gasteiger partial charge in [-0.15, -0.1) is 0 Å². The Morgan fingerprint density at radius 2 is 2.00 bits per heavy atom. The Morgan fingerprint density at radius 1 is 1.23 bits per heavy atom. The topological polar surface area (TPSA) is 67.8 Å². The van der Waals surface area contributed by atoms with Crippen molar-refractivity contribution < 1.29 is 19.4 Å². The van der Waals surface area contributed by atoms with Crippen LogP contribution in [0, 0.1) is 28.6 Å². The number of allylic oxidation sites excluding steroid dienone is 4. The third kappa shape index (κ3) is 3.94. The maximum atomic E-state index is 12.2. The highest BCUT2D eigenvalue weighted by atomic mass is 16.7. The number of anilines is 1. The van der Waals surface area contributed by atoms with E-state index in [2.05, 4.69) is 56.4 Å². The summed E-state index contributed by atoms with van der Waals surface area (Å²) in [5.74, 6) is 0.891. The van der Waals surface area contributed by atoms with Gasteiger partial charge in [0.15, 0.2) is 12.1 Å². The van der Waals surface area contributed by atoms with Crippen molar-refractivity contribution in [2.75, 3.05) is 12.4 Å². The van der Waals surface area contributed by atoms with Crippen molar-refractivity contribution >= 4 is 11.5 Å². The zero-order valence-corrected chi connectivity index (χ0v) is 24.0. The molecule has 4 aliphatic carbocycles. The van der Waals surface area contributed by atoms with Crippen LogP contribution >= 0.6 is 0 Å². The van der Waals surface area contributed by atoms with E-state index < -0.39 is 11.7 Å². The van der Waals surface area contributed by atoms with Gasteiger partial charge in [-0.25, -0.2) is 0 Å². The summed E-state index contributed by atoms with van der Waals surface area (Å²) in [6, 6.07) is 8.61. The highest BCUT2D eigenvalue weighted by molar-refractivity contribution is 6.01. The van der Waals surface area contributed by atoms with Gasteiger partial charge >= 0.3 is 0 Å². The van der Waals surface area contributed by atoms with Gasteiger partial charge in [0, 0.05) is 29.5 Å². The normalized spacial score (nSPS) is 42.3. The maximum absolute atomic E-state index is 12.2. The smallest absolute Gasteiger partial charge is 0.178 e. The maximum Gasteiger partial charge on any atom is 0.178 e. The molecule has 5 heteroatoms. The van der Waals surface area contributed by atoms with Crippen LogP contribution in [0.25, 0.3) is 0 Å². The van der Waals surface area contributed by atoms with Crippen LogP contribution in [0.15, 0.2) is 60.2 Å². The van der Waals surface area contributed by atoms with Gasteiger partial charge < -0.3 is 19.9 Å². The van der Waals surface area contributed by atoms with Crippen LogP contribution in [-0.2, 0) is 20.7 Å². The van der Waals surface area contributed by atoms with Crippen molar-refractivity contribution in [2.24, 2.45) is 28.6 Å². The van der Waals surface area contributed by atoms with Gasteiger partial charge in [0.2, 0.25) is 0 Å². The number of aliphatic hydroxyl groups is 1. The summed E-state index contributed by atoms with van der Waals surface area (Å²) in [6.07, 6.45) is 12.0. The Bertz CT molecular complexity index is 1200. The van der Waals surface area contributed by atoms with Crippen molar-refractivity contribution in [3.63, 3.8) is 0 Å². The molecule has 1 aromatic rings. The van der Waals surface area contributed by atoms with Crippen LogP contribution in [0.1, 0.15) is 71.3 Å². The molecule has 2 N–H and O–H groups in total. The number of carbonyl (C=O) groups is 1. The Kier molecular flexibility index (Phi) is 6.72. The fraction of sp³-hybridized carbons (Fsp3) is 0.618. The largest absolute Gasteiger partial charge is 0.393 e. The molecule has 0 spiro atoms. The van der Waals surface area contributed by atoms with Crippen LogP contribution in [-0.4, -0.2) is 42.0 Å².